The molecule has 0 aliphatic heterocycles. The van der Waals surface area contributed by atoms with Crippen LogP contribution in [0.25, 0.3) is 10.3 Å². The zero-order chi connectivity index (χ0) is 20.4. The first-order valence-corrected chi connectivity index (χ1v) is 10.2. The lowest BCUT2D eigenvalue weighted by Gasteiger charge is -2.15. The minimum Gasteiger partial charge on any atom is -0.348 e. The van der Waals surface area contributed by atoms with Crippen molar-refractivity contribution in [2.24, 2.45) is 0 Å². The van der Waals surface area contributed by atoms with E-state index in [1.54, 1.807) is 28.8 Å². The number of hydrogen-bond acceptors (Lipinski definition) is 5. The third-order valence-corrected chi connectivity index (χ3v) is 6.26. The van der Waals surface area contributed by atoms with E-state index in [-0.39, 0.29) is 24.1 Å². The van der Waals surface area contributed by atoms with Crippen molar-refractivity contribution in [3.05, 3.63) is 67.1 Å². The van der Waals surface area contributed by atoms with Crippen molar-refractivity contribution in [2.75, 3.05) is 0 Å². The van der Waals surface area contributed by atoms with Crippen LogP contribution >= 0.6 is 46.8 Å². The molecule has 0 saturated heterocycles. The molecule has 3 rings (SSSR count). The van der Waals surface area contributed by atoms with E-state index in [0.29, 0.717) is 30.9 Å². The van der Waals surface area contributed by atoms with Gasteiger partial charge in [-0.05, 0) is 36.8 Å². The number of rotatable bonds is 6. The highest BCUT2D eigenvalue weighted by Crippen LogP contribution is 2.25. The number of halogens is 2. The minimum absolute atomic E-state index is 0.153. The van der Waals surface area contributed by atoms with Gasteiger partial charge in [0.2, 0.25) is 5.91 Å². The van der Waals surface area contributed by atoms with Gasteiger partial charge >= 0.3 is 0 Å². The normalized spacial score (nSPS) is 12.1. The maximum absolute atomic E-state index is 12.7. The average molecular weight is 455 g/mol. The van der Waals surface area contributed by atoms with Crippen molar-refractivity contribution >= 4 is 63.0 Å². The maximum Gasteiger partial charge on any atom is 0.273 e. The van der Waals surface area contributed by atoms with Gasteiger partial charge in [-0.25, -0.2) is 4.98 Å². The number of aromatic nitrogens is 3. The molecule has 146 valence electrons. The number of benzene rings is 1. The number of fused-ring (bicyclic) bond motifs is 1. The van der Waals surface area contributed by atoms with Crippen molar-refractivity contribution in [1.82, 2.24) is 19.4 Å². The maximum atomic E-state index is 12.7. The summed E-state index contributed by atoms with van der Waals surface area (Å²) in [5.41, 5.74) is 1.00. The number of amides is 1. The van der Waals surface area contributed by atoms with E-state index < -0.39 is 0 Å². The van der Waals surface area contributed by atoms with Gasteiger partial charge in [-0.2, -0.15) is 0 Å². The molecular formula is C18H16Cl2N4O2S2. The standard InChI is InChI=1S/C18H16Cl2N4O2S2/c1-3-6-24-16-15(28-18(24)27)17(26)23(9-21-16)8-14(25)22-10(2)11-4-5-12(19)13(20)7-11/h3-5,7,9-10H,1,6,8H2,2H3,(H,22,25). The Kier molecular flexibility index (Phi) is 6.34. The second-order valence-corrected chi connectivity index (χ2v) is 8.52. The van der Waals surface area contributed by atoms with E-state index in [4.69, 9.17) is 35.4 Å². The van der Waals surface area contributed by atoms with Crippen LogP contribution in [0.5, 0.6) is 0 Å². The number of nitrogens with one attached hydrogen (secondary N) is 1. The van der Waals surface area contributed by atoms with Crippen LogP contribution in [0.3, 0.4) is 0 Å². The predicted octanol–water partition coefficient (Wildman–Crippen LogP) is 4.36. The molecule has 2 heterocycles. The first-order valence-electron chi connectivity index (χ1n) is 8.25. The van der Waals surface area contributed by atoms with Crippen molar-refractivity contribution < 1.29 is 4.79 Å². The van der Waals surface area contributed by atoms with Crippen LogP contribution in [0.15, 0.2) is 42.0 Å². The zero-order valence-corrected chi connectivity index (χ0v) is 18.0. The molecule has 3 aromatic rings. The molecule has 6 nitrogen and oxygen atoms in total. The van der Waals surface area contributed by atoms with Gasteiger partial charge < -0.3 is 9.88 Å². The third kappa shape index (κ3) is 4.20. The fourth-order valence-corrected chi connectivity index (χ4v) is 4.30. The topological polar surface area (TPSA) is 68.9 Å². The molecule has 1 atom stereocenters. The molecule has 0 bridgehead atoms. The summed E-state index contributed by atoms with van der Waals surface area (Å²) in [6.45, 7) is 5.82. The Hall–Kier alpha value is -2.00. The summed E-state index contributed by atoms with van der Waals surface area (Å²) in [5, 5.41) is 3.70. The van der Waals surface area contributed by atoms with E-state index in [9.17, 15) is 9.59 Å². The van der Waals surface area contributed by atoms with Crippen molar-refractivity contribution in [1.29, 1.82) is 0 Å². The molecule has 1 amide bonds. The van der Waals surface area contributed by atoms with E-state index in [0.717, 1.165) is 5.56 Å². The number of carbonyl (C=O) groups excluding carboxylic acids is 1. The monoisotopic (exact) mass is 454 g/mol. The Labute approximate surface area is 180 Å². The van der Waals surface area contributed by atoms with Crippen LogP contribution in [0.4, 0.5) is 0 Å². The number of carbonyl (C=O) groups is 1. The summed E-state index contributed by atoms with van der Waals surface area (Å²) in [7, 11) is 0. The van der Waals surface area contributed by atoms with Gasteiger partial charge in [0, 0.05) is 6.54 Å². The number of hydrogen-bond donors (Lipinski definition) is 1. The predicted molar refractivity (Wildman–Crippen MR) is 116 cm³/mol. The van der Waals surface area contributed by atoms with Crippen LogP contribution in [0.2, 0.25) is 10.0 Å². The molecule has 0 fully saturated rings. The van der Waals surface area contributed by atoms with Crippen LogP contribution in [-0.2, 0) is 17.9 Å². The van der Waals surface area contributed by atoms with Gasteiger partial charge in [0.1, 0.15) is 17.6 Å². The minimum atomic E-state index is -0.323. The van der Waals surface area contributed by atoms with Crippen molar-refractivity contribution in [3.8, 4) is 0 Å². The van der Waals surface area contributed by atoms with Crippen LogP contribution in [0, 0.1) is 3.95 Å². The Morgan fingerprint density at radius 2 is 2.18 bits per heavy atom. The largest absolute Gasteiger partial charge is 0.348 e. The smallest absolute Gasteiger partial charge is 0.273 e. The summed E-state index contributed by atoms with van der Waals surface area (Å²) in [6, 6.07) is 4.86. The second-order valence-electron chi connectivity index (χ2n) is 6.06. The first-order chi connectivity index (χ1) is 13.3. The molecule has 10 heteroatoms. The quantitative estimate of drug-likeness (QED) is 0.443. The highest BCUT2D eigenvalue weighted by atomic mass is 35.5. The molecule has 1 N–H and O–H groups in total. The highest BCUT2D eigenvalue weighted by Gasteiger charge is 2.15. The Morgan fingerprint density at radius 1 is 1.43 bits per heavy atom. The molecule has 2 aromatic heterocycles. The molecule has 0 saturated carbocycles. The van der Waals surface area contributed by atoms with Gasteiger partial charge in [0.05, 0.1) is 16.1 Å². The molecule has 1 unspecified atom stereocenters. The van der Waals surface area contributed by atoms with E-state index in [2.05, 4.69) is 16.9 Å². The second kappa shape index (κ2) is 8.57. The fourth-order valence-electron chi connectivity index (χ4n) is 2.68. The molecule has 0 aliphatic rings. The van der Waals surface area contributed by atoms with Gasteiger partial charge in [-0.1, -0.05) is 46.7 Å². The number of thiazole rings is 1. The van der Waals surface area contributed by atoms with Gasteiger partial charge in [0.25, 0.3) is 5.56 Å². The van der Waals surface area contributed by atoms with E-state index in [1.807, 2.05) is 6.92 Å². The lowest BCUT2D eigenvalue weighted by molar-refractivity contribution is -0.122. The molecule has 28 heavy (non-hydrogen) atoms. The van der Waals surface area contributed by atoms with E-state index in [1.165, 1.54) is 22.2 Å². The van der Waals surface area contributed by atoms with Crippen LogP contribution < -0.4 is 10.9 Å². The Morgan fingerprint density at radius 3 is 2.86 bits per heavy atom. The van der Waals surface area contributed by atoms with Crippen molar-refractivity contribution in [2.45, 2.75) is 26.1 Å². The number of nitrogens with zero attached hydrogens (tertiary/aromatic N) is 3. The Balaban J connectivity index is 1.80. The summed E-state index contributed by atoms with van der Waals surface area (Å²) >= 11 is 18.4. The summed E-state index contributed by atoms with van der Waals surface area (Å²) < 4.78 is 3.96. The first kappa shape index (κ1) is 20.7. The SMILES string of the molecule is C=CCn1c(=S)sc2c(=O)n(CC(=O)NC(C)c3ccc(Cl)c(Cl)c3)cnc21. The zero-order valence-electron chi connectivity index (χ0n) is 14.8. The fraction of sp³-hybridized carbons (Fsp3) is 0.222. The van der Waals surface area contributed by atoms with Gasteiger partial charge in [0.15, 0.2) is 9.60 Å². The lowest BCUT2D eigenvalue weighted by atomic mass is 10.1. The molecular weight excluding hydrogens is 439 g/mol. The molecule has 1 aromatic carbocycles. The summed E-state index contributed by atoms with van der Waals surface area (Å²) in [6.07, 6.45) is 3.04. The molecule has 0 radical (unpaired) electrons. The molecule has 0 aliphatic carbocycles. The van der Waals surface area contributed by atoms with Crippen LogP contribution in [0.1, 0.15) is 18.5 Å². The van der Waals surface area contributed by atoms with Gasteiger partial charge in [-0.15, -0.1) is 6.58 Å². The number of allylic oxidation sites excluding steroid dienone is 1. The average Bonchev–Trinajstić information content (AvgIpc) is 2.96. The van der Waals surface area contributed by atoms with E-state index >= 15 is 0 Å². The Bertz CT molecular complexity index is 1180. The van der Waals surface area contributed by atoms with Crippen molar-refractivity contribution in [3.63, 3.8) is 0 Å². The summed E-state index contributed by atoms with van der Waals surface area (Å²) in [4.78, 5) is 29.4. The van der Waals surface area contributed by atoms with Gasteiger partial charge in [-0.3, -0.25) is 14.2 Å². The van der Waals surface area contributed by atoms with Crippen LogP contribution in [-0.4, -0.2) is 20.0 Å². The lowest BCUT2D eigenvalue weighted by Crippen LogP contribution is -2.33. The third-order valence-electron chi connectivity index (χ3n) is 4.09. The summed E-state index contributed by atoms with van der Waals surface area (Å²) in [5.74, 6) is -0.323. The highest BCUT2D eigenvalue weighted by molar-refractivity contribution is 7.73. The molecule has 0 spiro atoms.